The molecule has 0 aliphatic carbocycles. The van der Waals surface area contributed by atoms with Gasteiger partial charge in [-0.1, -0.05) is 0 Å². The number of carboxylic acids is 1. The number of aromatic nitrogens is 1. The van der Waals surface area contributed by atoms with Crippen molar-refractivity contribution in [1.29, 1.82) is 0 Å². The fraction of sp³-hybridized carbons (Fsp3) is 0.429. The average Bonchev–Trinajstić information content (AvgIpc) is 2.53. The predicted octanol–water partition coefficient (Wildman–Crippen LogP) is 1.15. The van der Waals surface area contributed by atoms with E-state index >= 15 is 0 Å². The summed E-state index contributed by atoms with van der Waals surface area (Å²) in [6.45, 7) is 0.709. The molecule has 6 heteroatoms. The van der Waals surface area contributed by atoms with Crippen LogP contribution in [0, 0.1) is 0 Å². The van der Waals surface area contributed by atoms with Crippen LogP contribution in [0.1, 0.15) is 10.5 Å². The van der Waals surface area contributed by atoms with E-state index in [4.69, 9.17) is 9.52 Å². The molecule has 0 saturated heterocycles. The lowest BCUT2D eigenvalue weighted by Gasteiger charge is -1.97. The van der Waals surface area contributed by atoms with E-state index < -0.39 is 5.97 Å². The van der Waals surface area contributed by atoms with Crippen molar-refractivity contribution in [2.75, 3.05) is 23.9 Å². The van der Waals surface area contributed by atoms with Crippen molar-refractivity contribution in [1.82, 2.24) is 4.98 Å². The van der Waals surface area contributed by atoms with E-state index in [2.05, 4.69) is 10.3 Å². The molecule has 0 aliphatic rings. The van der Waals surface area contributed by atoms with Crippen molar-refractivity contribution >= 4 is 23.7 Å². The fourth-order valence-electron chi connectivity index (χ4n) is 0.713. The number of thioether (sulfide) groups is 1. The summed E-state index contributed by atoms with van der Waals surface area (Å²) in [4.78, 5) is 14.1. The third-order valence-electron chi connectivity index (χ3n) is 1.31. The van der Waals surface area contributed by atoms with Gasteiger partial charge in [-0.05, 0) is 6.26 Å². The third-order valence-corrected chi connectivity index (χ3v) is 1.92. The van der Waals surface area contributed by atoms with Crippen LogP contribution >= 0.6 is 11.8 Å². The molecule has 0 unspecified atom stereocenters. The van der Waals surface area contributed by atoms with Crippen molar-refractivity contribution in [3.05, 3.63) is 12.0 Å². The van der Waals surface area contributed by atoms with Crippen molar-refractivity contribution < 1.29 is 14.3 Å². The largest absolute Gasteiger partial charge is 0.476 e. The van der Waals surface area contributed by atoms with Crippen LogP contribution in [0.4, 0.5) is 6.01 Å². The molecule has 0 radical (unpaired) electrons. The highest BCUT2D eigenvalue weighted by atomic mass is 32.2. The van der Waals surface area contributed by atoms with Gasteiger partial charge in [0, 0.05) is 12.3 Å². The highest BCUT2D eigenvalue weighted by Crippen LogP contribution is 2.06. The summed E-state index contributed by atoms with van der Waals surface area (Å²) < 4.78 is 4.86. The Morgan fingerprint density at radius 3 is 3.15 bits per heavy atom. The molecular formula is C7H10N2O3S. The molecule has 0 saturated carbocycles. The van der Waals surface area contributed by atoms with Crippen LogP contribution < -0.4 is 5.32 Å². The molecule has 0 bridgehead atoms. The number of hydrogen-bond acceptors (Lipinski definition) is 5. The molecule has 0 fully saturated rings. The molecule has 72 valence electrons. The second kappa shape index (κ2) is 4.76. The molecular weight excluding hydrogens is 192 g/mol. The lowest BCUT2D eigenvalue weighted by atomic mass is 10.5. The van der Waals surface area contributed by atoms with Gasteiger partial charge in [-0.25, -0.2) is 4.79 Å². The third kappa shape index (κ3) is 2.98. The van der Waals surface area contributed by atoms with Crippen LogP contribution in [0.15, 0.2) is 10.7 Å². The number of nitrogens with zero attached hydrogens (tertiary/aromatic N) is 1. The van der Waals surface area contributed by atoms with Crippen molar-refractivity contribution in [2.24, 2.45) is 0 Å². The minimum Gasteiger partial charge on any atom is -0.476 e. The summed E-state index contributed by atoms with van der Waals surface area (Å²) in [5.74, 6) is -0.160. The zero-order chi connectivity index (χ0) is 9.68. The van der Waals surface area contributed by atoms with Crippen molar-refractivity contribution in [3.63, 3.8) is 0 Å². The molecule has 5 nitrogen and oxygen atoms in total. The van der Waals surface area contributed by atoms with E-state index in [0.29, 0.717) is 6.54 Å². The van der Waals surface area contributed by atoms with Gasteiger partial charge in [-0.15, -0.1) is 0 Å². The van der Waals surface area contributed by atoms with Crippen LogP contribution in [0.3, 0.4) is 0 Å². The van der Waals surface area contributed by atoms with Gasteiger partial charge in [0.15, 0.2) is 5.69 Å². The molecule has 0 aromatic carbocycles. The van der Waals surface area contributed by atoms with E-state index in [-0.39, 0.29) is 11.7 Å². The Hall–Kier alpha value is -1.17. The smallest absolute Gasteiger partial charge is 0.357 e. The normalized spacial score (nSPS) is 9.92. The molecule has 1 aromatic rings. The first kappa shape index (κ1) is 9.91. The van der Waals surface area contributed by atoms with E-state index in [0.717, 1.165) is 12.0 Å². The SMILES string of the molecule is CSCCNc1nc(C(=O)O)co1. The first-order valence-electron chi connectivity index (χ1n) is 3.65. The van der Waals surface area contributed by atoms with Gasteiger partial charge in [-0.3, -0.25) is 0 Å². The lowest BCUT2D eigenvalue weighted by Crippen LogP contribution is -2.04. The minimum atomic E-state index is -1.08. The number of rotatable bonds is 5. The van der Waals surface area contributed by atoms with Gasteiger partial charge < -0.3 is 14.8 Å². The first-order chi connectivity index (χ1) is 6.24. The molecule has 1 heterocycles. The Morgan fingerprint density at radius 2 is 2.62 bits per heavy atom. The average molecular weight is 202 g/mol. The lowest BCUT2D eigenvalue weighted by molar-refractivity contribution is 0.0690. The van der Waals surface area contributed by atoms with Crippen molar-refractivity contribution in [3.8, 4) is 0 Å². The maximum Gasteiger partial charge on any atom is 0.357 e. The van der Waals surface area contributed by atoms with E-state index in [1.807, 2.05) is 6.26 Å². The zero-order valence-corrected chi connectivity index (χ0v) is 7.93. The quantitative estimate of drug-likeness (QED) is 0.697. The fourth-order valence-corrected chi connectivity index (χ4v) is 1.02. The first-order valence-corrected chi connectivity index (χ1v) is 5.05. The molecule has 1 rings (SSSR count). The van der Waals surface area contributed by atoms with Gasteiger partial charge in [0.2, 0.25) is 0 Å². The van der Waals surface area contributed by atoms with Crippen LogP contribution in [0.25, 0.3) is 0 Å². The van der Waals surface area contributed by atoms with Gasteiger partial charge in [0.1, 0.15) is 6.26 Å². The monoisotopic (exact) mass is 202 g/mol. The number of carbonyl (C=O) groups is 1. The molecule has 0 atom stereocenters. The van der Waals surface area contributed by atoms with Crippen LogP contribution in [-0.4, -0.2) is 34.6 Å². The standard InChI is InChI=1S/C7H10N2O3S/c1-13-3-2-8-7-9-5(4-12-7)6(10)11/h4H,2-3H2,1H3,(H,8,9)(H,10,11). The Balaban J connectivity index is 2.44. The number of nitrogens with one attached hydrogen (secondary N) is 1. The number of anilines is 1. The Morgan fingerprint density at radius 1 is 1.85 bits per heavy atom. The van der Waals surface area contributed by atoms with Crippen LogP contribution in [0.2, 0.25) is 0 Å². The summed E-state index contributed by atoms with van der Waals surface area (Å²) in [5.41, 5.74) is -0.0772. The highest BCUT2D eigenvalue weighted by molar-refractivity contribution is 7.98. The minimum absolute atomic E-state index is 0.0772. The molecule has 0 spiro atoms. The molecule has 2 N–H and O–H groups in total. The van der Waals surface area contributed by atoms with E-state index in [1.54, 1.807) is 11.8 Å². The maximum atomic E-state index is 10.4. The second-order valence-corrected chi connectivity index (χ2v) is 3.25. The van der Waals surface area contributed by atoms with Crippen molar-refractivity contribution in [2.45, 2.75) is 0 Å². The Labute approximate surface area is 79.5 Å². The van der Waals surface area contributed by atoms with Gasteiger partial charge in [0.05, 0.1) is 0 Å². The number of hydrogen-bond donors (Lipinski definition) is 2. The predicted molar refractivity (Wildman–Crippen MR) is 50.3 cm³/mol. The number of carboxylic acid groups (broad SMARTS) is 1. The summed E-state index contributed by atoms with van der Waals surface area (Å²) in [5, 5.41) is 11.4. The maximum absolute atomic E-state index is 10.4. The highest BCUT2D eigenvalue weighted by Gasteiger charge is 2.08. The van der Waals surface area contributed by atoms with Gasteiger partial charge in [-0.2, -0.15) is 16.7 Å². The van der Waals surface area contributed by atoms with E-state index in [9.17, 15) is 4.79 Å². The van der Waals surface area contributed by atoms with Crippen LogP contribution in [-0.2, 0) is 0 Å². The summed E-state index contributed by atoms with van der Waals surface area (Å²) in [6.07, 6.45) is 3.10. The summed E-state index contributed by atoms with van der Waals surface area (Å²) >= 11 is 1.69. The molecule has 0 amide bonds. The van der Waals surface area contributed by atoms with Crippen LogP contribution in [0.5, 0.6) is 0 Å². The molecule has 13 heavy (non-hydrogen) atoms. The molecule has 1 aromatic heterocycles. The van der Waals surface area contributed by atoms with Gasteiger partial charge in [0.25, 0.3) is 6.01 Å². The topological polar surface area (TPSA) is 75.4 Å². The summed E-state index contributed by atoms with van der Waals surface area (Å²) in [6, 6.07) is 0.256. The second-order valence-electron chi connectivity index (χ2n) is 2.26. The Bertz CT molecular complexity index is 287. The number of aromatic carboxylic acids is 1. The number of oxazole rings is 1. The zero-order valence-electron chi connectivity index (χ0n) is 7.11. The molecule has 0 aliphatic heterocycles. The van der Waals surface area contributed by atoms with E-state index in [1.165, 1.54) is 0 Å². The van der Waals surface area contributed by atoms with Gasteiger partial charge >= 0.3 is 5.97 Å². The summed E-state index contributed by atoms with van der Waals surface area (Å²) in [7, 11) is 0. The Kier molecular flexibility index (Phi) is 3.63.